The minimum absolute atomic E-state index is 0.0428. The summed E-state index contributed by atoms with van der Waals surface area (Å²) in [6, 6.07) is 15.1. The van der Waals surface area contributed by atoms with Crippen molar-refractivity contribution in [3.05, 3.63) is 71.8 Å². The molecule has 2 fully saturated rings. The predicted molar refractivity (Wildman–Crippen MR) is 150 cm³/mol. The van der Waals surface area contributed by atoms with Crippen LogP contribution in [0.3, 0.4) is 0 Å². The number of para-hydroxylation sites is 2. The first-order valence-electron chi connectivity index (χ1n) is 14.1. The van der Waals surface area contributed by atoms with Crippen LogP contribution in [0.4, 0.5) is 0 Å². The summed E-state index contributed by atoms with van der Waals surface area (Å²) >= 11 is 0. The molecule has 0 spiro atoms. The molecule has 3 amide bonds. The van der Waals surface area contributed by atoms with Crippen molar-refractivity contribution in [3.8, 4) is 11.5 Å². The van der Waals surface area contributed by atoms with Crippen LogP contribution >= 0.6 is 0 Å². The summed E-state index contributed by atoms with van der Waals surface area (Å²) in [4.78, 5) is 45.3. The zero-order chi connectivity index (χ0) is 27.9. The summed E-state index contributed by atoms with van der Waals surface area (Å²) in [5.74, 6) is 1.32. The number of carbonyl (C=O) groups excluding carboxylic acids is 3. The molecular formula is C31H38N4O5. The Kier molecular flexibility index (Phi) is 9.01. The van der Waals surface area contributed by atoms with E-state index in [0.29, 0.717) is 65.4 Å². The van der Waals surface area contributed by atoms with E-state index in [1.165, 1.54) is 0 Å². The van der Waals surface area contributed by atoms with Gasteiger partial charge >= 0.3 is 0 Å². The third-order valence-corrected chi connectivity index (χ3v) is 8.24. The molecule has 2 aromatic rings. The molecule has 3 aliphatic rings. The molecule has 0 unspecified atom stereocenters. The molecule has 2 aromatic carbocycles. The van der Waals surface area contributed by atoms with Gasteiger partial charge in [-0.15, -0.1) is 0 Å². The first-order valence-corrected chi connectivity index (χ1v) is 14.1. The number of piperazine rings is 1. The molecule has 1 N–H and O–H groups in total. The summed E-state index contributed by atoms with van der Waals surface area (Å²) in [7, 11) is 0. The van der Waals surface area contributed by atoms with Crippen LogP contribution in [0.5, 0.6) is 11.5 Å². The van der Waals surface area contributed by atoms with E-state index in [4.69, 9.17) is 4.74 Å². The van der Waals surface area contributed by atoms with Gasteiger partial charge in [0.15, 0.2) is 0 Å². The number of amides is 3. The van der Waals surface area contributed by atoms with E-state index < -0.39 is 0 Å². The Balaban J connectivity index is 1.33. The average molecular weight is 547 g/mol. The van der Waals surface area contributed by atoms with Crippen molar-refractivity contribution in [2.75, 3.05) is 52.4 Å². The minimum Gasteiger partial charge on any atom is -0.508 e. The largest absolute Gasteiger partial charge is 0.508 e. The zero-order valence-corrected chi connectivity index (χ0v) is 22.9. The van der Waals surface area contributed by atoms with Gasteiger partial charge in [-0.1, -0.05) is 48.6 Å². The van der Waals surface area contributed by atoms with Crippen molar-refractivity contribution < 1.29 is 24.2 Å². The van der Waals surface area contributed by atoms with Crippen LogP contribution in [0.2, 0.25) is 0 Å². The summed E-state index contributed by atoms with van der Waals surface area (Å²) in [5, 5.41) is 10.4. The third kappa shape index (κ3) is 6.83. The number of aromatic hydroxyl groups is 1. The number of hydrogen-bond donors (Lipinski definition) is 1. The summed E-state index contributed by atoms with van der Waals surface area (Å²) in [5.41, 5.74) is 1.75. The predicted octanol–water partition coefficient (Wildman–Crippen LogP) is 2.50. The first-order chi connectivity index (χ1) is 19.5. The van der Waals surface area contributed by atoms with Gasteiger partial charge in [-0.05, 0) is 30.4 Å². The van der Waals surface area contributed by atoms with Crippen molar-refractivity contribution in [2.24, 2.45) is 11.8 Å². The Morgan fingerprint density at radius 2 is 1.77 bits per heavy atom. The van der Waals surface area contributed by atoms with Crippen molar-refractivity contribution in [1.82, 2.24) is 19.6 Å². The Bertz CT molecular complexity index is 1230. The lowest BCUT2D eigenvalue weighted by Gasteiger charge is -2.39. The SMILES string of the molecule is O=CN1CCN(C(=O)C[C@@H]2CCN3C[C@@H]2C=CCOc2ccccc2CN(Cc2ccccc2O)CC3=O)CC1. The van der Waals surface area contributed by atoms with Gasteiger partial charge in [-0.25, -0.2) is 0 Å². The highest BCUT2D eigenvalue weighted by molar-refractivity contribution is 5.79. The van der Waals surface area contributed by atoms with Crippen molar-refractivity contribution in [1.29, 1.82) is 0 Å². The third-order valence-electron chi connectivity index (χ3n) is 8.24. The Hall–Kier alpha value is -3.85. The monoisotopic (exact) mass is 546 g/mol. The van der Waals surface area contributed by atoms with E-state index >= 15 is 0 Å². The summed E-state index contributed by atoms with van der Waals surface area (Å²) in [6.07, 6.45) is 6.15. The maximum atomic E-state index is 13.6. The topological polar surface area (TPSA) is 93.6 Å². The Morgan fingerprint density at radius 1 is 1.00 bits per heavy atom. The van der Waals surface area contributed by atoms with Gasteiger partial charge in [-0.2, -0.15) is 0 Å². The van der Waals surface area contributed by atoms with E-state index in [0.717, 1.165) is 29.7 Å². The average Bonchev–Trinajstić information content (AvgIpc) is 2.98. The molecule has 5 rings (SSSR count). The van der Waals surface area contributed by atoms with Crippen molar-refractivity contribution in [2.45, 2.75) is 25.9 Å². The maximum Gasteiger partial charge on any atom is 0.236 e. The summed E-state index contributed by atoms with van der Waals surface area (Å²) in [6.45, 7) is 4.98. The van der Waals surface area contributed by atoms with Crippen LogP contribution in [0.1, 0.15) is 24.0 Å². The summed E-state index contributed by atoms with van der Waals surface area (Å²) < 4.78 is 6.15. The molecule has 0 aliphatic carbocycles. The fourth-order valence-electron chi connectivity index (χ4n) is 5.89. The first kappa shape index (κ1) is 27.7. The fraction of sp³-hybridized carbons (Fsp3) is 0.452. The molecular weight excluding hydrogens is 508 g/mol. The van der Waals surface area contributed by atoms with Crippen LogP contribution in [0, 0.1) is 11.8 Å². The molecule has 40 heavy (non-hydrogen) atoms. The highest BCUT2D eigenvalue weighted by Gasteiger charge is 2.33. The van der Waals surface area contributed by atoms with Crippen LogP contribution in [0.15, 0.2) is 60.7 Å². The van der Waals surface area contributed by atoms with Crippen LogP contribution in [0.25, 0.3) is 0 Å². The molecule has 0 saturated carbocycles. The van der Waals surface area contributed by atoms with Gasteiger partial charge in [0, 0.05) is 69.9 Å². The highest BCUT2D eigenvalue weighted by atomic mass is 16.5. The molecule has 9 heteroatoms. The number of benzene rings is 2. The number of phenols is 1. The van der Waals surface area contributed by atoms with Gasteiger partial charge < -0.3 is 24.5 Å². The number of phenolic OH excluding ortho intramolecular Hbond substituents is 1. The van der Waals surface area contributed by atoms with Gasteiger partial charge in [0.25, 0.3) is 0 Å². The van der Waals surface area contributed by atoms with Crippen LogP contribution in [-0.4, -0.2) is 95.4 Å². The molecule has 0 aromatic heterocycles. The Labute approximate surface area is 235 Å². The van der Waals surface area contributed by atoms with E-state index in [1.807, 2.05) is 52.3 Å². The Morgan fingerprint density at radius 3 is 2.58 bits per heavy atom. The van der Waals surface area contributed by atoms with Crippen LogP contribution < -0.4 is 4.74 Å². The maximum absolute atomic E-state index is 13.6. The number of carbonyl (C=O) groups is 3. The lowest BCUT2D eigenvalue weighted by Crippen LogP contribution is -2.50. The lowest BCUT2D eigenvalue weighted by molar-refractivity contribution is -0.138. The van der Waals surface area contributed by atoms with E-state index in [2.05, 4.69) is 11.0 Å². The standard InChI is InChI=1S/C31H38N4O5/c36-23-32-13-15-34(16-14-32)30(38)18-24-11-12-35-21-25(24)8-5-17-40-29-10-4-2-7-27(29)20-33(22-31(35)39)19-26-6-1-3-9-28(26)37/h1-10,23-25,37H,11-22H2/t24-,25-/m0/s1. The second-order valence-electron chi connectivity index (χ2n) is 10.9. The fourth-order valence-corrected chi connectivity index (χ4v) is 5.89. The molecule has 2 atom stereocenters. The van der Waals surface area contributed by atoms with Gasteiger partial charge in [0.05, 0.1) is 6.54 Å². The lowest BCUT2D eigenvalue weighted by atomic mass is 9.82. The number of piperidine rings is 1. The van der Waals surface area contributed by atoms with E-state index in [9.17, 15) is 19.5 Å². The number of fused-ring (bicyclic) bond motifs is 3. The second-order valence-corrected chi connectivity index (χ2v) is 10.9. The van der Waals surface area contributed by atoms with Crippen molar-refractivity contribution >= 4 is 18.2 Å². The van der Waals surface area contributed by atoms with Gasteiger partial charge in [-0.3, -0.25) is 19.3 Å². The highest BCUT2D eigenvalue weighted by Crippen LogP contribution is 2.30. The number of hydrogen-bond acceptors (Lipinski definition) is 6. The molecule has 212 valence electrons. The second kappa shape index (κ2) is 13.0. The molecule has 2 bridgehead atoms. The number of nitrogens with zero attached hydrogens (tertiary/aromatic N) is 4. The minimum atomic E-state index is 0.0428. The number of rotatable bonds is 5. The number of ether oxygens (including phenoxy) is 1. The smallest absolute Gasteiger partial charge is 0.236 e. The van der Waals surface area contributed by atoms with Crippen LogP contribution in [-0.2, 0) is 27.5 Å². The molecule has 2 saturated heterocycles. The molecule has 0 radical (unpaired) electrons. The molecule has 3 aliphatic heterocycles. The zero-order valence-electron chi connectivity index (χ0n) is 22.9. The van der Waals surface area contributed by atoms with E-state index in [-0.39, 0.29) is 35.9 Å². The molecule has 9 nitrogen and oxygen atoms in total. The molecule has 3 heterocycles. The van der Waals surface area contributed by atoms with Gasteiger partial charge in [0.2, 0.25) is 18.2 Å². The van der Waals surface area contributed by atoms with Gasteiger partial charge in [0.1, 0.15) is 18.1 Å². The van der Waals surface area contributed by atoms with E-state index in [1.54, 1.807) is 17.0 Å². The van der Waals surface area contributed by atoms with Crippen molar-refractivity contribution in [3.63, 3.8) is 0 Å². The quantitative estimate of drug-likeness (QED) is 0.458. The normalized spacial score (nSPS) is 22.4.